The number of aromatic nitrogens is 2. The Kier molecular flexibility index (Phi) is 2.85. The van der Waals surface area contributed by atoms with Crippen molar-refractivity contribution in [1.29, 1.82) is 0 Å². The lowest BCUT2D eigenvalue weighted by Gasteiger charge is -2.02. The third-order valence-corrected chi connectivity index (χ3v) is 2.08. The number of halogens is 2. The fourth-order valence-corrected chi connectivity index (χ4v) is 1.55. The van der Waals surface area contributed by atoms with Crippen LogP contribution in [0.3, 0.4) is 0 Å². The Bertz CT molecular complexity index is 235. The molecule has 0 bridgehead atoms. The maximum absolute atomic E-state index is 5.74. The first-order valence-corrected chi connectivity index (χ1v) is 4.06. The number of imidazole rings is 1. The summed E-state index contributed by atoms with van der Waals surface area (Å²) in [6.07, 6.45) is 0.367. The molecule has 0 atom stereocenters. The molecule has 0 spiro atoms. The van der Waals surface area contributed by atoms with Gasteiger partial charge in [0.25, 0.3) is 0 Å². The van der Waals surface area contributed by atoms with Crippen molar-refractivity contribution in [2.45, 2.75) is 19.8 Å². The predicted molar refractivity (Wildman–Crippen MR) is 47.4 cm³/mol. The quantitative estimate of drug-likeness (QED) is 0.649. The first-order chi connectivity index (χ1) is 5.20. The molecule has 1 rings (SSSR count). The van der Waals surface area contributed by atoms with E-state index in [9.17, 15) is 0 Å². The molecule has 1 aromatic heterocycles. The molecule has 11 heavy (non-hydrogen) atoms. The zero-order valence-electron chi connectivity index (χ0n) is 6.14. The van der Waals surface area contributed by atoms with E-state index in [1.54, 1.807) is 4.57 Å². The Morgan fingerprint density at radius 2 is 2.18 bits per heavy atom. The minimum Gasteiger partial charge on any atom is -0.318 e. The normalized spacial score (nSPS) is 10.5. The first kappa shape index (κ1) is 8.95. The lowest BCUT2D eigenvalue weighted by Crippen LogP contribution is -2.00. The maximum Gasteiger partial charge on any atom is 0.204 e. The fraction of sp³-hybridized carbons (Fsp3) is 0.500. The minimum atomic E-state index is 0.367. The van der Waals surface area contributed by atoms with Gasteiger partial charge in [0.15, 0.2) is 5.15 Å². The molecule has 0 fully saturated rings. The van der Waals surface area contributed by atoms with Gasteiger partial charge in [0.2, 0.25) is 5.28 Å². The summed E-state index contributed by atoms with van der Waals surface area (Å²) in [5.74, 6) is 0. The Morgan fingerprint density at radius 1 is 1.55 bits per heavy atom. The monoisotopic (exact) mass is 188 g/mol. The number of nitrogens with zero attached hydrogens (tertiary/aromatic N) is 2. The van der Waals surface area contributed by atoms with Gasteiger partial charge in [-0.3, -0.25) is 0 Å². The van der Waals surface area contributed by atoms with Gasteiger partial charge >= 0.3 is 0 Å². The van der Waals surface area contributed by atoms with E-state index in [0.717, 1.165) is 12.2 Å². The third kappa shape index (κ3) is 1.54. The Balaban J connectivity index is 3.17. The van der Waals surface area contributed by atoms with Crippen LogP contribution in [0.15, 0.2) is 0 Å². The first-order valence-electron chi connectivity index (χ1n) is 3.31. The molecule has 1 heterocycles. The van der Waals surface area contributed by atoms with E-state index >= 15 is 0 Å². The topological polar surface area (TPSA) is 17.8 Å². The van der Waals surface area contributed by atoms with Crippen LogP contribution in [0.1, 0.15) is 12.6 Å². The molecular formula is C6H7BCl2N2. The molecule has 1 aromatic rings. The lowest BCUT2D eigenvalue weighted by molar-refractivity contribution is 0.734. The van der Waals surface area contributed by atoms with Crippen LogP contribution in [0.25, 0.3) is 0 Å². The van der Waals surface area contributed by atoms with Gasteiger partial charge < -0.3 is 4.57 Å². The smallest absolute Gasteiger partial charge is 0.204 e. The van der Waals surface area contributed by atoms with Gasteiger partial charge in [0, 0.05) is 12.2 Å². The van der Waals surface area contributed by atoms with E-state index in [2.05, 4.69) is 4.98 Å². The molecule has 0 unspecified atom stereocenters. The Hall–Kier alpha value is -0.145. The highest BCUT2D eigenvalue weighted by Gasteiger charge is 2.09. The highest BCUT2D eigenvalue weighted by molar-refractivity contribution is 6.33. The number of rotatable bonds is 2. The van der Waals surface area contributed by atoms with E-state index in [1.807, 2.05) is 6.92 Å². The molecule has 0 aromatic carbocycles. The molecule has 58 valence electrons. The van der Waals surface area contributed by atoms with E-state index in [4.69, 9.17) is 31.0 Å². The summed E-state index contributed by atoms with van der Waals surface area (Å²) in [6.45, 7) is 2.70. The standard InChI is InChI=1S/C6H7BCl2N2/c1-2-11-4(3-7)5(8)10-6(11)9/h2-3H2,1H3. The van der Waals surface area contributed by atoms with Gasteiger partial charge in [0.05, 0.1) is 7.85 Å². The van der Waals surface area contributed by atoms with Gasteiger partial charge in [-0.1, -0.05) is 11.6 Å². The van der Waals surface area contributed by atoms with Crippen LogP contribution in [0, 0.1) is 0 Å². The van der Waals surface area contributed by atoms with Crippen LogP contribution in [-0.4, -0.2) is 17.4 Å². The highest BCUT2D eigenvalue weighted by atomic mass is 35.5. The zero-order chi connectivity index (χ0) is 8.43. The molecule has 2 nitrogen and oxygen atoms in total. The van der Waals surface area contributed by atoms with Crippen LogP contribution in [0.2, 0.25) is 10.4 Å². The van der Waals surface area contributed by atoms with Crippen molar-refractivity contribution < 1.29 is 0 Å². The average Bonchev–Trinajstić information content (AvgIpc) is 2.24. The van der Waals surface area contributed by atoms with E-state index in [1.165, 1.54) is 0 Å². The molecule has 0 saturated carbocycles. The minimum absolute atomic E-state index is 0.367. The zero-order valence-corrected chi connectivity index (χ0v) is 7.65. The van der Waals surface area contributed by atoms with Crippen molar-refractivity contribution in [2.75, 3.05) is 0 Å². The van der Waals surface area contributed by atoms with Crippen molar-refractivity contribution in [1.82, 2.24) is 9.55 Å². The van der Waals surface area contributed by atoms with Crippen LogP contribution in [-0.2, 0) is 12.9 Å². The van der Waals surface area contributed by atoms with Crippen LogP contribution in [0.5, 0.6) is 0 Å². The second-order valence-corrected chi connectivity index (χ2v) is 2.76. The predicted octanol–water partition coefficient (Wildman–Crippen LogP) is 1.88. The van der Waals surface area contributed by atoms with Crippen LogP contribution in [0.4, 0.5) is 0 Å². The molecule has 0 aliphatic rings. The average molecular weight is 189 g/mol. The molecule has 0 amide bonds. The number of hydrogen-bond acceptors (Lipinski definition) is 1. The summed E-state index contributed by atoms with van der Waals surface area (Å²) in [7, 11) is 5.44. The van der Waals surface area contributed by atoms with Gasteiger partial charge in [-0.15, -0.1) is 0 Å². The summed E-state index contributed by atoms with van der Waals surface area (Å²) in [5.41, 5.74) is 0.791. The van der Waals surface area contributed by atoms with Gasteiger partial charge in [-0.05, 0) is 24.8 Å². The van der Waals surface area contributed by atoms with E-state index < -0.39 is 0 Å². The SMILES string of the molecule is [B]Cc1c(Cl)nc(Cl)n1CC. The van der Waals surface area contributed by atoms with E-state index in [0.29, 0.717) is 16.8 Å². The largest absolute Gasteiger partial charge is 0.318 e. The molecule has 0 aliphatic heterocycles. The van der Waals surface area contributed by atoms with Crippen molar-refractivity contribution in [3.8, 4) is 0 Å². The summed E-state index contributed by atoms with van der Waals surface area (Å²) in [5, 5.41) is 0.803. The molecule has 0 aliphatic carbocycles. The molecule has 5 heteroatoms. The van der Waals surface area contributed by atoms with Crippen molar-refractivity contribution in [2.24, 2.45) is 0 Å². The van der Waals surface area contributed by atoms with Crippen molar-refractivity contribution in [3.05, 3.63) is 16.1 Å². The second kappa shape index (κ2) is 3.50. The summed E-state index contributed by atoms with van der Waals surface area (Å²) in [6, 6.07) is 0. The Morgan fingerprint density at radius 3 is 2.55 bits per heavy atom. The highest BCUT2D eigenvalue weighted by Crippen LogP contribution is 2.20. The van der Waals surface area contributed by atoms with Gasteiger partial charge in [-0.2, -0.15) is 0 Å². The lowest BCUT2D eigenvalue weighted by atomic mass is 10.0. The third-order valence-electron chi connectivity index (χ3n) is 1.49. The maximum atomic E-state index is 5.74. The van der Waals surface area contributed by atoms with E-state index in [-0.39, 0.29) is 0 Å². The second-order valence-electron chi connectivity index (χ2n) is 2.07. The van der Waals surface area contributed by atoms with Crippen molar-refractivity contribution in [3.63, 3.8) is 0 Å². The van der Waals surface area contributed by atoms with Gasteiger partial charge in [-0.25, -0.2) is 4.98 Å². The van der Waals surface area contributed by atoms with Crippen molar-refractivity contribution >= 4 is 31.0 Å². The van der Waals surface area contributed by atoms with Gasteiger partial charge in [0.1, 0.15) is 0 Å². The summed E-state index contributed by atoms with van der Waals surface area (Å²) in [4.78, 5) is 3.87. The number of hydrogen-bond donors (Lipinski definition) is 0. The molecule has 0 N–H and O–H groups in total. The Labute approximate surface area is 76.9 Å². The molecular weight excluding hydrogens is 182 g/mol. The summed E-state index contributed by atoms with van der Waals surface area (Å²) >= 11 is 11.5. The molecule has 2 radical (unpaired) electrons. The molecule has 0 saturated heterocycles. The fourth-order valence-electron chi connectivity index (χ4n) is 0.944. The van der Waals surface area contributed by atoms with Crippen LogP contribution < -0.4 is 0 Å². The summed E-state index contributed by atoms with van der Waals surface area (Å²) < 4.78 is 1.78. The van der Waals surface area contributed by atoms with Crippen LogP contribution >= 0.6 is 23.2 Å².